The first-order chi connectivity index (χ1) is 11.5. The maximum Gasteiger partial charge on any atom is 0.175 e. The predicted molar refractivity (Wildman–Crippen MR) is 101 cm³/mol. The molecule has 0 amide bonds. The van der Waals surface area contributed by atoms with Crippen molar-refractivity contribution >= 4 is 40.3 Å². The second-order valence-electron chi connectivity index (χ2n) is 5.44. The van der Waals surface area contributed by atoms with E-state index in [1.54, 1.807) is 10.9 Å². The molecule has 0 aliphatic heterocycles. The smallest absolute Gasteiger partial charge is 0.175 e. The monoisotopic (exact) mass is 360 g/mol. The summed E-state index contributed by atoms with van der Waals surface area (Å²) in [6, 6.07) is 7.72. The molecule has 0 unspecified atom stereocenters. The molecule has 0 atom stereocenters. The first-order valence-corrected chi connectivity index (χ1v) is 8.13. The molecule has 124 valence electrons. The van der Waals surface area contributed by atoms with E-state index in [0.29, 0.717) is 11.7 Å². The summed E-state index contributed by atoms with van der Waals surface area (Å²) >= 11 is 11.3. The van der Waals surface area contributed by atoms with Crippen LogP contribution in [-0.4, -0.2) is 24.7 Å². The molecule has 0 radical (unpaired) electrons. The van der Waals surface area contributed by atoms with E-state index in [2.05, 4.69) is 20.8 Å². The molecular formula is C16H17ClN6S. The van der Waals surface area contributed by atoms with Crippen LogP contribution in [0.25, 0.3) is 0 Å². The Labute approximate surface area is 150 Å². The fourth-order valence-electron chi connectivity index (χ4n) is 2.34. The Balaban J connectivity index is 1.61. The Bertz CT molecular complexity index is 869. The minimum Gasteiger partial charge on any atom is -0.330 e. The molecule has 3 rings (SSSR count). The Morgan fingerprint density at radius 3 is 2.83 bits per heavy atom. The molecule has 2 aromatic heterocycles. The summed E-state index contributed by atoms with van der Waals surface area (Å²) in [5.74, 6) is 0. The largest absolute Gasteiger partial charge is 0.330 e. The first-order valence-electron chi connectivity index (χ1n) is 7.35. The van der Waals surface area contributed by atoms with Crippen molar-refractivity contribution in [1.82, 2.24) is 19.6 Å². The van der Waals surface area contributed by atoms with Crippen molar-refractivity contribution in [2.75, 3.05) is 10.6 Å². The zero-order chi connectivity index (χ0) is 17.1. The van der Waals surface area contributed by atoms with Gasteiger partial charge in [-0.25, -0.2) is 0 Å². The fourth-order valence-corrected chi connectivity index (χ4v) is 2.78. The third-order valence-corrected chi connectivity index (χ3v) is 3.83. The number of thiocarbonyl (C=S) groups is 1. The average Bonchev–Trinajstić information content (AvgIpc) is 3.05. The molecule has 2 heterocycles. The van der Waals surface area contributed by atoms with Crippen LogP contribution in [0.3, 0.4) is 0 Å². The molecule has 0 aliphatic carbocycles. The van der Waals surface area contributed by atoms with Crippen LogP contribution >= 0.6 is 23.8 Å². The second kappa shape index (κ2) is 7.02. The van der Waals surface area contributed by atoms with Crippen molar-refractivity contribution in [2.24, 2.45) is 7.05 Å². The van der Waals surface area contributed by atoms with E-state index < -0.39 is 0 Å². The van der Waals surface area contributed by atoms with Gasteiger partial charge < -0.3 is 10.6 Å². The second-order valence-corrected chi connectivity index (χ2v) is 6.28. The summed E-state index contributed by atoms with van der Waals surface area (Å²) in [7, 11) is 1.87. The van der Waals surface area contributed by atoms with Crippen LogP contribution in [0, 0.1) is 6.92 Å². The van der Waals surface area contributed by atoms with Gasteiger partial charge in [-0.2, -0.15) is 10.2 Å². The summed E-state index contributed by atoms with van der Waals surface area (Å²) in [6.07, 6.45) is 5.51. The third-order valence-electron chi connectivity index (χ3n) is 3.39. The number of aromatic nitrogens is 4. The summed E-state index contributed by atoms with van der Waals surface area (Å²) in [5, 5.41) is 16.1. The van der Waals surface area contributed by atoms with Gasteiger partial charge in [-0.3, -0.25) is 9.36 Å². The molecule has 2 N–H and O–H groups in total. The highest BCUT2D eigenvalue weighted by Crippen LogP contribution is 2.14. The van der Waals surface area contributed by atoms with E-state index in [4.69, 9.17) is 23.8 Å². The highest BCUT2D eigenvalue weighted by atomic mass is 35.5. The number of nitrogens with zero attached hydrogens (tertiary/aromatic N) is 4. The molecule has 1 aromatic carbocycles. The Hall–Kier alpha value is -2.38. The van der Waals surface area contributed by atoms with Gasteiger partial charge in [-0.15, -0.1) is 0 Å². The van der Waals surface area contributed by atoms with Crippen LogP contribution in [0.5, 0.6) is 0 Å². The zero-order valence-corrected chi connectivity index (χ0v) is 14.9. The lowest BCUT2D eigenvalue weighted by Crippen LogP contribution is -2.19. The van der Waals surface area contributed by atoms with E-state index in [1.807, 2.05) is 55.3 Å². The lowest BCUT2D eigenvalue weighted by molar-refractivity contribution is 0.687. The molecule has 6 nitrogen and oxygen atoms in total. The van der Waals surface area contributed by atoms with Crippen LogP contribution in [0.15, 0.2) is 42.9 Å². The van der Waals surface area contributed by atoms with Gasteiger partial charge in [0.1, 0.15) is 0 Å². The Morgan fingerprint density at radius 2 is 2.12 bits per heavy atom. The summed E-state index contributed by atoms with van der Waals surface area (Å²) in [5.41, 5.74) is 3.67. The van der Waals surface area contributed by atoms with E-state index in [-0.39, 0.29) is 0 Å². The van der Waals surface area contributed by atoms with Gasteiger partial charge in [0.25, 0.3) is 0 Å². The van der Waals surface area contributed by atoms with Gasteiger partial charge >= 0.3 is 0 Å². The number of rotatable bonds is 4. The SMILES string of the molecule is Cc1nn(C)cc1NC(=S)Nc1cnn(Cc2cccc(Cl)c2)c1. The van der Waals surface area contributed by atoms with E-state index >= 15 is 0 Å². The number of anilines is 2. The maximum absolute atomic E-state index is 6.00. The van der Waals surface area contributed by atoms with Crippen LogP contribution in [0.4, 0.5) is 11.4 Å². The predicted octanol–water partition coefficient (Wildman–Crippen LogP) is 3.44. The van der Waals surface area contributed by atoms with Crippen molar-refractivity contribution in [2.45, 2.75) is 13.5 Å². The van der Waals surface area contributed by atoms with Crippen LogP contribution in [-0.2, 0) is 13.6 Å². The quantitative estimate of drug-likeness (QED) is 0.698. The lowest BCUT2D eigenvalue weighted by Gasteiger charge is -2.07. The molecular weight excluding hydrogens is 344 g/mol. The number of halogens is 1. The van der Waals surface area contributed by atoms with Crippen molar-refractivity contribution in [1.29, 1.82) is 0 Å². The first kappa shape index (κ1) is 16.5. The highest BCUT2D eigenvalue weighted by molar-refractivity contribution is 7.80. The van der Waals surface area contributed by atoms with Crippen LogP contribution in [0.1, 0.15) is 11.3 Å². The van der Waals surface area contributed by atoms with Crippen molar-refractivity contribution in [3.8, 4) is 0 Å². The number of aryl methyl sites for hydroxylation is 2. The molecule has 3 aromatic rings. The summed E-state index contributed by atoms with van der Waals surface area (Å²) < 4.78 is 3.56. The molecule has 0 aliphatic rings. The molecule has 0 bridgehead atoms. The minimum absolute atomic E-state index is 0.494. The Kier molecular flexibility index (Phi) is 4.82. The van der Waals surface area contributed by atoms with Gasteiger partial charge in [-0.1, -0.05) is 23.7 Å². The third kappa shape index (κ3) is 4.12. The zero-order valence-electron chi connectivity index (χ0n) is 13.3. The highest BCUT2D eigenvalue weighted by Gasteiger charge is 2.06. The standard InChI is InChI=1S/C16H17ClN6S/c1-11-15(10-22(2)21-11)20-16(24)19-14-7-18-23(9-14)8-12-4-3-5-13(17)6-12/h3-7,9-10H,8H2,1-2H3,(H2,19,20,24). The van der Waals surface area contributed by atoms with Gasteiger partial charge in [-0.05, 0) is 36.8 Å². The molecule has 24 heavy (non-hydrogen) atoms. The molecule has 0 spiro atoms. The number of hydrogen-bond acceptors (Lipinski definition) is 3. The van der Waals surface area contributed by atoms with E-state index in [0.717, 1.165) is 27.7 Å². The van der Waals surface area contributed by atoms with Crippen molar-refractivity contribution in [3.63, 3.8) is 0 Å². The topological polar surface area (TPSA) is 59.7 Å². The average molecular weight is 361 g/mol. The van der Waals surface area contributed by atoms with Gasteiger partial charge in [0.2, 0.25) is 0 Å². The number of benzene rings is 1. The molecule has 0 fully saturated rings. The molecule has 0 saturated heterocycles. The van der Waals surface area contributed by atoms with E-state index in [1.165, 1.54) is 0 Å². The van der Waals surface area contributed by atoms with Gasteiger partial charge in [0, 0.05) is 24.5 Å². The summed E-state index contributed by atoms with van der Waals surface area (Å²) in [6.45, 7) is 2.57. The van der Waals surface area contributed by atoms with Crippen LogP contribution < -0.4 is 10.6 Å². The normalized spacial score (nSPS) is 10.6. The summed E-state index contributed by atoms with van der Waals surface area (Å²) in [4.78, 5) is 0. The Morgan fingerprint density at radius 1 is 1.29 bits per heavy atom. The number of hydrogen-bond donors (Lipinski definition) is 2. The van der Waals surface area contributed by atoms with Gasteiger partial charge in [0.05, 0.1) is 29.8 Å². The molecule has 0 saturated carbocycles. The van der Waals surface area contributed by atoms with Crippen LogP contribution in [0.2, 0.25) is 5.02 Å². The number of nitrogens with one attached hydrogen (secondary N) is 2. The van der Waals surface area contributed by atoms with Crippen molar-refractivity contribution in [3.05, 3.63) is 59.1 Å². The lowest BCUT2D eigenvalue weighted by atomic mass is 10.2. The van der Waals surface area contributed by atoms with Crippen molar-refractivity contribution < 1.29 is 0 Å². The fraction of sp³-hybridized carbons (Fsp3) is 0.188. The molecule has 8 heteroatoms. The van der Waals surface area contributed by atoms with Gasteiger partial charge in [0.15, 0.2) is 5.11 Å². The van der Waals surface area contributed by atoms with E-state index in [9.17, 15) is 0 Å². The maximum atomic E-state index is 6.00. The minimum atomic E-state index is 0.494.